The highest BCUT2D eigenvalue weighted by Gasteiger charge is 2.11. The lowest BCUT2D eigenvalue weighted by Crippen LogP contribution is -2.08. The zero-order valence-electron chi connectivity index (χ0n) is 7.97. The average molecular weight is 196 g/mol. The van der Waals surface area contributed by atoms with Crippen LogP contribution < -0.4 is 0 Å². The number of aliphatic hydroxyl groups is 1. The molecule has 1 aromatic rings. The molecule has 0 aliphatic rings. The lowest BCUT2D eigenvalue weighted by Gasteiger charge is -2.03. The van der Waals surface area contributed by atoms with Crippen molar-refractivity contribution >= 4 is 0 Å². The number of methoxy groups -OCH3 is 1. The molecule has 0 saturated heterocycles. The number of aromatic nitrogens is 3. The van der Waals surface area contributed by atoms with Gasteiger partial charge in [-0.1, -0.05) is 5.21 Å². The van der Waals surface area contributed by atoms with Crippen LogP contribution in [0.25, 0.3) is 0 Å². The first kappa shape index (κ1) is 10.6. The molecule has 0 bridgehead atoms. The second-order valence-electron chi connectivity index (χ2n) is 2.73. The van der Waals surface area contributed by atoms with Gasteiger partial charge >= 0.3 is 0 Å². The molecule has 0 aromatic carbocycles. The Morgan fingerprint density at radius 3 is 3.00 bits per heavy atom. The maximum atomic E-state index is 8.71. The van der Waals surface area contributed by atoms with Crippen LogP contribution in [0.2, 0.25) is 0 Å². The van der Waals surface area contributed by atoms with E-state index in [1.54, 1.807) is 11.8 Å². The van der Waals surface area contributed by atoms with Crippen molar-refractivity contribution < 1.29 is 9.84 Å². The molecule has 0 aliphatic heterocycles. The summed E-state index contributed by atoms with van der Waals surface area (Å²) in [4.78, 5) is 0. The van der Waals surface area contributed by atoms with Gasteiger partial charge in [0.25, 0.3) is 0 Å². The fourth-order valence-electron chi connectivity index (χ4n) is 1.10. The summed E-state index contributed by atoms with van der Waals surface area (Å²) >= 11 is 0. The summed E-state index contributed by atoms with van der Waals surface area (Å²) in [5.41, 5.74) is 0.938. The highest BCUT2D eigenvalue weighted by molar-refractivity contribution is 5.23. The summed E-state index contributed by atoms with van der Waals surface area (Å²) in [5.74, 6) is 0. The molecule has 14 heavy (non-hydrogen) atoms. The van der Waals surface area contributed by atoms with Gasteiger partial charge in [-0.15, -0.1) is 5.10 Å². The van der Waals surface area contributed by atoms with E-state index in [-0.39, 0.29) is 12.3 Å². The molecular weight excluding hydrogens is 184 g/mol. The zero-order valence-corrected chi connectivity index (χ0v) is 7.97. The van der Waals surface area contributed by atoms with Gasteiger partial charge in [0, 0.05) is 20.3 Å². The van der Waals surface area contributed by atoms with E-state index >= 15 is 0 Å². The molecule has 76 valence electrons. The molecule has 1 N–H and O–H groups in total. The monoisotopic (exact) mass is 196 g/mol. The first-order valence-electron chi connectivity index (χ1n) is 4.25. The molecule has 6 heteroatoms. The molecule has 0 unspecified atom stereocenters. The molecule has 0 saturated carbocycles. The van der Waals surface area contributed by atoms with E-state index in [1.165, 1.54) is 0 Å². The van der Waals surface area contributed by atoms with E-state index in [0.717, 1.165) is 0 Å². The quantitative estimate of drug-likeness (QED) is 0.697. The summed E-state index contributed by atoms with van der Waals surface area (Å²) in [5, 5.41) is 24.9. The molecule has 0 fully saturated rings. The SMILES string of the molecule is COCc1c(C#N)nnn1CCCO. The highest BCUT2D eigenvalue weighted by Crippen LogP contribution is 2.06. The number of aliphatic hydroxyl groups excluding tert-OH is 1. The molecule has 0 radical (unpaired) electrons. The standard InChI is InChI=1S/C8H12N4O2/c1-14-6-8-7(5-9)10-11-12(8)3-2-4-13/h13H,2-4,6H2,1H3. The summed E-state index contributed by atoms with van der Waals surface area (Å²) < 4.78 is 6.52. The van der Waals surface area contributed by atoms with Gasteiger partial charge in [-0.3, -0.25) is 0 Å². The minimum atomic E-state index is 0.0914. The summed E-state index contributed by atoms with van der Waals surface area (Å²) in [7, 11) is 1.55. The van der Waals surface area contributed by atoms with Gasteiger partial charge in [-0.05, 0) is 6.42 Å². The molecule has 1 rings (SSSR count). The van der Waals surface area contributed by atoms with Crippen molar-refractivity contribution in [2.45, 2.75) is 19.6 Å². The van der Waals surface area contributed by atoms with E-state index in [0.29, 0.717) is 25.3 Å². The molecule has 0 atom stereocenters. The number of rotatable bonds is 5. The van der Waals surface area contributed by atoms with Crippen LogP contribution in [0.15, 0.2) is 0 Å². The maximum absolute atomic E-state index is 8.71. The Morgan fingerprint density at radius 2 is 2.43 bits per heavy atom. The Labute approximate surface area is 81.7 Å². The average Bonchev–Trinajstić information content (AvgIpc) is 2.58. The first-order valence-corrected chi connectivity index (χ1v) is 4.25. The fraction of sp³-hybridized carbons (Fsp3) is 0.625. The third-order valence-electron chi connectivity index (χ3n) is 1.75. The minimum absolute atomic E-state index is 0.0914. The second-order valence-corrected chi connectivity index (χ2v) is 2.73. The smallest absolute Gasteiger partial charge is 0.188 e. The van der Waals surface area contributed by atoms with Gasteiger partial charge in [0.2, 0.25) is 0 Å². The largest absolute Gasteiger partial charge is 0.396 e. The molecule has 0 spiro atoms. The van der Waals surface area contributed by atoms with Crippen LogP contribution in [-0.4, -0.2) is 33.8 Å². The van der Waals surface area contributed by atoms with Gasteiger partial charge < -0.3 is 9.84 Å². The number of aryl methyl sites for hydroxylation is 1. The van der Waals surface area contributed by atoms with Gasteiger partial charge in [0.15, 0.2) is 5.69 Å². The lowest BCUT2D eigenvalue weighted by atomic mass is 10.3. The van der Waals surface area contributed by atoms with Crippen LogP contribution in [0.1, 0.15) is 17.8 Å². The fourth-order valence-corrected chi connectivity index (χ4v) is 1.10. The Hall–Kier alpha value is -1.45. The van der Waals surface area contributed by atoms with Gasteiger partial charge in [0.1, 0.15) is 11.8 Å². The Kier molecular flexibility index (Phi) is 4.04. The second kappa shape index (κ2) is 5.32. The minimum Gasteiger partial charge on any atom is -0.396 e. The summed E-state index contributed by atoms with van der Waals surface area (Å²) in [6.07, 6.45) is 0.588. The van der Waals surface area contributed by atoms with Gasteiger partial charge in [-0.2, -0.15) is 5.26 Å². The highest BCUT2D eigenvalue weighted by atomic mass is 16.5. The maximum Gasteiger partial charge on any atom is 0.188 e. The summed E-state index contributed by atoms with van der Waals surface area (Å²) in [6.45, 7) is 0.944. The Balaban J connectivity index is 2.82. The van der Waals surface area contributed by atoms with E-state index in [1.807, 2.05) is 6.07 Å². The molecule has 1 heterocycles. The van der Waals surface area contributed by atoms with E-state index in [4.69, 9.17) is 15.1 Å². The predicted octanol–water partition coefficient (Wildman–Crippen LogP) is -0.321. The Bertz CT molecular complexity index is 329. The predicted molar refractivity (Wildman–Crippen MR) is 47.2 cm³/mol. The van der Waals surface area contributed by atoms with Crippen LogP contribution in [0.5, 0.6) is 0 Å². The van der Waals surface area contributed by atoms with Gasteiger partial charge in [-0.25, -0.2) is 4.68 Å². The van der Waals surface area contributed by atoms with Crippen molar-refractivity contribution in [2.24, 2.45) is 0 Å². The van der Waals surface area contributed by atoms with Crippen molar-refractivity contribution in [1.29, 1.82) is 5.26 Å². The number of nitrogens with zero attached hydrogens (tertiary/aromatic N) is 4. The van der Waals surface area contributed by atoms with Crippen LogP contribution in [0.4, 0.5) is 0 Å². The van der Waals surface area contributed by atoms with Crippen molar-refractivity contribution in [3.8, 4) is 6.07 Å². The molecule has 0 amide bonds. The van der Waals surface area contributed by atoms with E-state index < -0.39 is 0 Å². The summed E-state index contributed by atoms with van der Waals surface area (Å²) in [6, 6.07) is 1.94. The molecule has 0 aliphatic carbocycles. The third kappa shape index (κ3) is 2.28. The van der Waals surface area contributed by atoms with Crippen molar-refractivity contribution in [1.82, 2.24) is 15.0 Å². The van der Waals surface area contributed by atoms with Crippen LogP contribution in [0, 0.1) is 11.3 Å². The topological polar surface area (TPSA) is 84.0 Å². The van der Waals surface area contributed by atoms with Crippen LogP contribution in [-0.2, 0) is 17.9 Å². The number of ether oxygens (including phenoxy) is 1. The molecule has 6 nitrogen and oxygen atoms in total. The molecular formula is C8H12N4O2. The number of hydrogen-bond donors (Lipinski definition) is 1. The van der Waals surface area contributed by atoms with E-state index in [2.05, 4.69) is 10.3 Å². The first-order chi connectivity index (χ1) is 6.83. The van der Waals surface area contributed by atoms with Crippen molar-refractivity contribution in [3.63, 3.8) is 0 Å². The van der Waals surface area contributed by atoms with Crippen LogP contribution >= 0.6 is 0 Å². The van der Waals surface area contributed by atoms with Crippen molar-refractivity contribution in [2.75, 3.05) is 13.7 Å². The normalized spacial score (nSPS) is 10.1. The van der Waals surface area contributed by atoms with Crippen molar-refractivity contribution in [3.05, 3.63) is 11.4 Å². The third-order valence-corrected chi connectivity index (χ3v) is 1.75. The number of nitriles is 1. The van der Waals surface area contributed by atoms with Crippen LogP contribution in [0.3, 0.4) is 0 Å². The Morgan fingerprint density at radius 1 is 1.64 bits per heavy atom. The van der Waals surface area contributed by atoms with Gasteiger partial charge in [0.05, 0.1) is 6.61 Å². The zero-order chi connectivity index (χ0) is 10.4. The lowest BCUT2D eigenvalue weighted by molar-refractivity contribution is 0.175. The number of hydrogen-bond acceptors (Lipinski definition) is 5. The van der Waals surface area contributed by atoms with E-state index in [9.17, 15) is 0 Å². The molecule has 1 aromatic heterocycles.